The van der Waals surface area contributed by atoms with Crippen molar-refractivity contribution >= 4 is 6.01 Å². The summed E-state index contributed by atoms with van der Waals surface area (Å²) in [6, 6.07) is 10.9. The van der Waals surface area contributed by atoms with Crippen LogP contribution in [0, 0.1) is 0 Å². The van der Waals surface area contributed by atoms with Crippen LogP contribution in [-0.4, -0.2) is 12.0 Å². The Kier molecular flexibility index (Phi) is 2.49. The maximum absolute atomic E-state index is 5.18. The number of hydrogen-bond acceptors (Lipinski definition) is 3. The minimum atomic E-state index is 0.647. The number of hydrogen-bond donors (Lipinski definition) is 0. The van der Waals surface area contributed by atoms with Crippen LogP contribution in [0.15, 0.2) is 47.2 Å². The van der Waals surface area contributed by atoms with Crippen LogP contribution in [0.5, 0.6) is 0 Å². The first-order chi connectivity index (χ1) is 6.86. The number of rotatable bonds is 3. The average molecular weight is 188 g/mol. The molecule has 0 unspecified atom stereocenters. The molecule has 72 valence electrons. The minimum Gasteiger partial charge on any atom is -0.432 e. The summed E-state index contributed by atoms with van der Waals surface area (Å²) in [7, 11) is 1.96. The van der Waals surface area contributed by atoms with E-state index in [1.54, 1.807) is 12.5 Å². The Morgan fingerprint density at radius 2 is 2.07 bits per heavy atom. The summed E-state index contributed by atoms with van der Waals surface area (Å²) < 4.78 is 5.18. The molecule has 3 heteroatoms. The van der Waals surface area contributed by atoms with E-state index in [2.05, 4.69) is 17.1 Å². The normalized spacial score (nSPS) is 10.1. The van der Waals surface area contributed by atoms with Gasteiger partial charge in [0.05, 0.1) is 6.20 Å². The first-order valence-electron chi connectivity index (χ1n) is 4.51. The Balaban J connectivity index is 2.06. The van der Waals surface area contributed by atoms with Gasteiger partial charge in [-0.15, -0.1) is 0 Å². The topological polar surface area (TPSA) is 29.3 Å². The number of anilines is 1. The molecule has 3 nitrogen and oxygen atoms in total. The average Bonchev–Trinajstić information content (AvgIpc) is 2.72. The first kappa shape index (κ1) is 8.81. The highest BCUT2D eigenvalue weighted by molar-refractivity contribution is 5.27. The Hall–Kier alpha value is -1.77. The van der Waals surface area contributed by atoms with Gasteiger partial charge in [-0.1, -0.05) is 30.3 Å². The fraction of sp³-hybridized carbons (Fsp3) is 0.182. The number of aromatic nitrogens is 1. The van der Waals surface area contributed by atoms with Crippen LogP contribution in [0.25, 0.3) is 0 Å². The molecule has 2 rings (SSSR count). The molecule has 1 aromatic heterocycles. The number of oxazole rings is 1. The fourth-order valence-electron chi connectivity index (χ4n) is 1.33. The van der Waals surface area contributed by atoms with Crippen molar-refractivity contribution in [1.29, 1.82) is 0 Å². The van der Waals surface area contributed by atoms with Crippen molar-refractivity contribution in [3.63, 3.8) is 0 Å². The van der Waals surface area contributed by atoms with Gasteiger partial charge in [0.1, 0.15) is 6.26 Å². The molecule has 14 heavy (non-hydrogen) atoms. The molecule has 0 aliphatic heterocycles. The highest BCUT2D eigenvalue weighted by atomic mass is 16.4. The van der Waals surface area contributed by atoms with Gasteiger partial charge >= 0.3 is 0 Å². The summed E-state index contributed by atoms with van der Waals surface area (Å²) >= 11 is 0. The third kappa shape index (κ3) is 1.93. The van der Waals surface area contributed by atoms with Crippen LogP contribution in [0.1, 0.15) is 5.56 Å². The summed E-state index contributed by atoms with van der Waals surface area (Å²) in [4.78, 5) is 6.04. The van der Waals surface area contributed by atoms with E-state index in [0.717, 1.165) is 6.54 Å². The zero-order valence-electron chi connectivity index (χ0n) is 8.05. The molecule has 1 heterocycles. The smallest absolute Gasteiger partial charge is 0.297 e. The summed E-state index contributed by atoms with van der Waals surface area (Å²) in [5.74, 6) is 0. The van der Waals surface area contributed by atoms with Gasteiger partial charge in [0.25, 0.3) is 6.01 Å². The lowest BCUT2D eigenvalue weighted by atomic mass is 10.2. The second-order valence-corrected chi connectivity index (χ2v) is 3.16. The van der Waals surface area contributed by atoms with E-state index in [1.165, 1.54) is 5.56 Å². The molecule has 0 aliphatic carbocycles. The Labute approximate surface area is 83.0 Å². The molecule has 1 aromatic carbocycles. The van der Waals surface area contributed by atoms with E-state index in [1.807, 2.05) is 30.1 Å². The lowest BCUT2D eigenvalue weighted by Gasteiger charge is -2.13. The largest absolute Gasteiger partial charge is 0.432 e. The van der Waals surface area contributed by atoms with Crippen molar-refractivity contribution in [3.05, 3.63) is 48.4 Å². The molecule has 0 spiro atoms. The SMILES string of the molecule is CN(Cc1ccccc1)c1ncco1. The second-order valence-electron chi connectivity index (χ2n) is 3.16. The van der Waals surface area contributed by atoms with Crippen LogP contribution >= 0.6 is 0 Å². The number of benzene rings is 1. The van der Waals surface area contributed by atoms with E-state index >= 15 is 0 Å². The van der Waals surface area contributed by atoms with E-state index in [9.17, 15) is 0 Å². The summed E-state index contributed by atoms with van der Waals surface area (Å²) in [5.41, 5.74) is 1.24. The molecular formula is C11H12N2O. The van der Waals surface area contributed by atoms with E-state index in [-0.39, 0.29) is 0 Å². The molecule has 2 aromatic rings. The highest BCUT2D eigenvalue weighted by Gasteiger charge is 2.04. The zero-order valence-corrected chi connectivity index (χ0v) is 8.05. The van der Waals surface area contributed by atoms with Crippen LogP contribution in [0.2, 0.25) is 0 Å². The van der Waals surface area contributed by atoms with Gasteiger partial charge in [0, 0.05) is 13.6 Å². The van der Waals surface area contributed by atoms with Crippen molar-refractivity contribution < 1.29 is 4.42 Å². The molecule has 0 aliphatic rings. The molecule has 0 saturated heterocycles. The maximum atomic E-state index is 5.18. The summed E-state index contributed by atoms with van der Waals surface area (Å²) in [6.07, 6.45) is 3.23. The molecule has 0 saturated carbocycles. The van der Waals surface area contributed by atoms with Crippen molar-refractivity contribution in [3.8, 4) is 0 Å². The summed E-state index contributed by atoms with van der Waals surface area (Å²) in [6.45, 7) is 0.807. The standard InChI is InChI=1S/C11H12N2O/c1-13(11-12-7-8-14-11)9-10-5-3-2-4-6-10/h2-8H,9H2,1H3. The maximum Gasteiger partial charge on any atom is 0.297 e. The minimum absolute atomic E-state index is 0.647. The molecule has 0 bridgehead atoms. The van der Waals surface area contributed by atoms with Gasteiger partial charge in [0.15, 0.2) is 0 Å². The Morgan fingerprint density at radius 3 is 2.71 bits per heavy atom. The molecule has 0 fully saturated rings. The van der Waals surface area contributed by atoms with E-state index in [4.69, 9.17) is 4.42 Å². The van der Waals surface area contributed by atoms with Gasteiger partial charge in [-0.3, -0.25) is 0 Å². The molecular weight excluding hydrogens is 176 g/mol. The van der Waals surface area contributed by atoms with Crippen LogP contribution in [0.3, 0.4) is 0 Å². The predicted molar refractivity (Wildman–Crippen MR) is 55.1 cm³/mol. The molecule has 0 N–H and O–H groups in total. The third-order valence-electron chi connectivity index (χ3n) is 2.01. The second kappa shape index (κ2) is 3.96. The van der Waals surface area contributed by atoms with Crippen LogP contribution in [0.4, 0.5) is 6.01 Å². The van der Waals surface area contributed by atoms with Crippen molar-refractivity contribution in [1.82, 2.24) is 4.98 Å². The van der Waals surface area contributed by atoms with Gasteiger partial charge in [-0.2, -0.15) is 0 Å². The van der Waals surface area contributed by atoms with E-state index in [0.29, 0.717) is 6.01 Å². The van der Waals surface area contributed by atoms with Gasteiger partial charge < -0.3 is 9.32 Å². The Bertz CT molecular complexity index is 369. The zero-order chi connectivity index (χ0) is 9.80. The van der Waals surface area contributed by atoms with Crippen LogP contribution < -0.4 is 4.90 Å². The van der Waals surface area contributed by atoms with Gasteiger partial charge in [-0.25, -0.2) is 4.98 Å². The Morgan fingerprint density at radius 1 is 1.29 bits per heavy atom. The monoisotopic (exact) mass is 188 g/mol. The lowest BCUT2D eigenvalue weighted by Crippen LogP contribution is -2.16. The number of nitrogens with zero attached hydrogens (tertiary/aromatic N) is 2. The summed E-state index contributed by atoms with van der Waals surface area (Å²) in [5, 5.41) is 0. The first-order valence-corrected chi connectivity index (χ1v) is 4.51. The molecule has 0 atom stereocenters. The van der Waals surface area contributed by atoms with E-state index < -0.39 is 0 Å². The highest BCUT2D eigenvalue weighted by Crippen LogP contribution is 2.11. The molecule has 0 radical (unpaired) electrons. The quantitative estimate of drug-likeness (QED) is 0.740. The fourth-order valence-corrected chi connectivity index (χ4v) is 1.33. The molecule has 0 amide bonds. The van der Waals surface area contributed by atoms with Crippen molar-refractivity contribution in [2.75, 3.05) is 11.9 Å². The van der Waals surface area contributed by atoms with Gasteiger partial charge in [-0.05, 0) is 5.56 Å². The predicted octanol–water partition coefficient (Wildman–Crippen LogP) is 2.31. The van der Waals surface area contributed by atoms with Crippen molar-refractivity contribution in [2.45, 2.75) is 6.54 Å². The van der Waals surface area contributed by atoms with Crippen LogP contribution in [-0.2, 0) is 6.54 Å². The van der Waals surface area contributed by atoms with Gasteiger partial charge in [0.2, 0.25) is 0 Å². The lowest BCUT2D eigenvalue weighted by molar-refractivity contribution is 0.545. The van der Waals surface area contributed by atoms with Crippen molar-refractivity contribution in [2.24, 2.45) is 0 Å². The third-order valence-corrected chi connectivity index (χ3v) is 2.01.